The third kappa shape index (κ3) is 1.71. The van der Waals surface area contributed by atoms with Crippen molar-refractivity contribution in [2.24, 2.45) is 14.1 Å². The lowest BCUT2D eigenvalue weighted by atomic mass is 10.1. The van der Waals surface area contributed by atoms with Gasteiger partial charge in [-0.2, -0.15) is 5.10 Å². The van der Waals surface area contributed by atoms with Gasteiger partial charge < -0.3 is 10.3 Å². The molecule has 0 radical (unpaired) electrons. The Morgan fingerprint density at radius 2 is 2.00 bits per heavy atom. The summed E-state index contributed by atoms with van der Waals surface area (Å²) in [6.07, 6.45) is 2.07. The fourth-order valence-electron chi connectivity index (χ4n) is 2.49. The van der Waals surface area contributed by atoms with E-state index in [1.807, 2.05) is 39.2 Å². The van der Waals surface area contributed by atoms with Crippen molar-refractivity contribution >= 4 is 28.3 Å². The van der Waals surface area contributed by atoms with E-state index in [2.05, 4.69) is 15.9 Å². The Morgan fingerprint density at radius 1 is 1.26 bits per heavy atom. The minimum Gasteiger partial charge on any atom is -0.384 e. The van der Waals surface area contributed by atoms with Gasteiger partial charge in [-0.15, -0.1) is 0 Å². The number of nitrogens with two attached hydrogens (primary N) is 1. The molecule has 2 N–H and O–H groups in total. The highest BCUT2D eigenvalue weighted by Crippen LogP contribution is 2.34. The molecule has 3 aromatic rings. The number of hydrogen-bond acceptors (Lipinski definition) is 2. The summed E-state index contributed by atoms with van der Waals surface area (Å²) in [6.45, 7) is 2.03. The number of nitrogen functional groups attached to an aromatic ring is 1. The van der Waals surface area contributed by atoms with Crippen LogP contribution in [0.3, 0.4) is 0 Å². The number of aryl methyl sites for hydroxylation is 3. The number of rotatable bonds is 1. The van der Waals surface area contributed by atoms with Gasteiger partial charge in [0.15, 0.2) is 0 Å². The van der Waals surface area contributed by atoms with Crippen molar-refractivity contribution in [2.75, 3.05) is 5.73 Å². The molecule has 98 valence electrons. The molecule has 2 aromatic heterocycles. The second-order valence-electron chi connectivity index (χ2n) is 4.80. The van der Waals surface area contributed by atoms with Crippen LogP contribution >= 0.6 is 11.6 Å². The molecule has 1 aromatic carbocycles. The van der Waals surface area contributed by atoms with Crippen LogP contribution in [0.25, 0.3) is 22.2 Å². The van der Waals surface area contributed by atoms with Crippen LogP contribution in [0.4, 0.5) is 5.82 Å². The predicted molar refractivity (Wildman–Crippen MR) is 79.3 cm³/mol. The maximum Gasteiger partial charge on any atom is 0.121 e. The first-order valence-corrected chi connectivity index (χ1v) is 6.41. The molecule has 4 nitrogen and oxygen atoms in total. The van der Waals surface area contributed by atoms with E-state index in [4.69, 9.17) is 17.3 Å². The molecule has 5 heteroatoms. The van der Waals surface area contributed by atoms with Gasteiger partial charge in [0.25, 0.3) is 0 Å². The maximum absolute atomic E-state index is 6.19. The molecule has 0 aliphatic carbocycles. The molecular formula is C14H15ClN4. The highest BCUT2D eigenvalue weighted by molar-refractivity contribution is 6.32. The van der Waals surface area contributed by atoms with Crippen LogP contribution in [-0.2, 0) is 14.1 Å². The molecule has 0 aliphatic heterocycles. The number of aromatic nitrogens is 3. The van der Waals surface area contributed by atoms with Crippen LogP contribution in [0.1, 0.15) is 5.56 Å². The van der Waals surface area contributed by atoms with Crippen molar-refractivity contribution in [1.29, 1.82) is 0 Å². The molecule has 0 amide bonds. The van der Waals surface area contributed by atoms with E-state index in [1.54, 1.807) is 4.68 Å². The zero-order valence-corrected chi connectivity index (χ0v) is 11.9. The SMILES string of the molecule is Cc1c(Cl)ccc2c(-c3cc(N)n(C)n3)cn(C)c12. The molecule has 0 spiro atoms. The number of halogens is 1. The smallest absolute Gasteiger partial charge is 0.121 e. The second-order valence-corrected chi connectivity index (χ2v) is 5.21. The average molecular weight is 275 g/mol. The summed E-state index contributed by atoms with van der Waals surface area (Å²) in [4.78, 5) is 0. The first-order chi connectivity index (χ1) is 8.99. The third-order valence-electron chi connectivity index (χ3n) is 3.52. The quantitative estimate of drug-likeness (QED) is 0.741. The number of benzene rings is 1. The Labute approximate surface area is 116 Å². The molecule has 0 fully saturated rings. The minimum atomic E-state index is 0.651. The van der Waals surface area contributed by atoms with Gasteiger partial charge in [0.05, 0.1) is 11.2 Å². The molecule has 0 saturated heterocycles. The number of nitrogens with zero attached hydrogens (tertiary/aromatic N) is 3. The van der Waals surface area contributed by atoms with Gasteiger partial charge >= 0.3 is 0 Å². The molecule has 0 bridgehead atoms. The van der Waals surface area contributed by atoms with E-state index in [-0.39, 0.29) is 0 Å². The van der Waals surface area contributed by atoms with Crippen LogP contribution in [0.5, 0.6) is 0 Å². The molecule has 19 heavy (non-hydrogen) atoms. The van der Waals surface area contributed by atoms with Gasteiger partial charge in [0.1, 0.15) is 5.82 Å². The van der Waals surface area contributed by atoms with Crippen LogP contribution in [0.2, 0.25) is 5.02 Å². The highest BCUT2D eigenvalue weighted by atomic mass is 35.5. The normalized spacial score (nSPS) is 11.4. The highest BCUT2D eigenvalue weighted by Gasteiger charge is 2.14. The molecule has 0 aliphatic rings. The van der Waals surface area contributed by atoms with Crippen molar-refractivity contribution in [3.63, 3.8) is 0 Å². The van der Waals surface area contributed by atoms with E-state index in [1.165, 1.54) is 0 Å². The molecular weight excluding hydrogens is 260 g/mol. The van der Waals surface area contributed by atoms with Crippen molar-refractivity contribution in [3.05, 3.63) is 35.0 Å². The Morgan fingerprint density at radius 3 is 2.63 bits per heavy atom. The summed E-state index contributed by atoms with van der Waals surface area (Å²) < 4.78 is 3.76. The third-order valence-corrected chi connectivity index (χ3v) is 3.93. The van der Waals surface area contributed by atoms with Gasteiger partial charge in [-0.1, -0.05) is 17.7 Å². The molecule has 0 unspecified atom stereocenters. The number of anilines is 1. The zero-order valence-electron chi connectivity index (χ0n) is 11.1. The van der Waals surface area contributed by atoms with Crippen LogP contribution in [0, 0.1) is 6.92 Å². The molecule has 0 atom stereocenters. The van der Waals surface area contributed by atoms with E-state index in [0.717, 1.165) is 32.7 Å². The monoisotopic (exact) mass is 274 g/mol. The molecule has 3 rings (SSSR count). The Balaban J connectivity index is 2.34. The standard InChI is InChI=1S/C14H15ClN4/c1-8-11(15)5-4-9-10(7-18(2)14(8)9)12-6-13(16)19(3)17-12/h4-7H,16H2,1-3H3. The fourth-order valence-corrected chi connectivity index (χ4v) is 2.65. The summed E-state index contributed by atoms with van der Waals surface area (Å²) in [5, 5.41) is 6.36. The summed E-state index contributed by atoms with van der Waals surface area (Å²) in [7, 11) is 3.85. The van der Waals surface area contributed by atoms with Crippen molar-refractivity contribution in [2.45, 2.75) is 6.92 Å². The second kappa shape index (κ2) is 4.03. The summed E-state index contributed by atoms with van der Waals surface area (Å²) in [6, 6.07) is 5.85. The lowest BCUT2D eigenvalue weighted by Crippen LogP contribution is -1.96. The van der Waals surface area contributed by atoms with Crippen molar-refractivity contribution in [1.82, 2.24) is 14.3 Å². The fraction of sp³-hybridized carbons (Fsp3) is 0.214. The summed E-state index contributed by atoms with van der Waals surface area (Å²) in [5.41, 5.74) is 10.0. The predicted octanol–water partition coefficient (Wildman–Crippen LogP) is 3.12. The van der Waals surface area contributed by atoms with Crippen LogP contribution < -0.4 is 5.73 Å². The van der Waals surface area contributed by atoms with E-state index in [0.29, 0.717) is 5.82 Å². The maximum atomic E-state index is 6.19. The van der Waals surface area contributed by atoms with Gasteiger partial charge in [-0.25, -0.2) is 0 Å². The first kappa shape index (κ1) is 12.1. The van der Waals surface area contributed by atoms with E-state index in [9.17, 15) is 0 Å². The van der Waals surface area contributed by atoms with Gasteiger partial charge in [0, 0.05) is 42.3 Å². The summed E-state index contributed by atoms with van der Waals surface area (Å²) in [5.74, 6) is 0.651. The number of fused-ring (bicyclic) bond motifs is 1. The minimum absolute atomic E-state index is 0.651. The van der Waals surface area contributed by atoms with Gasteiger partial charge in [-0.3, -0.25) is 4.68 Å². The lowest BCUT2D eigenvalue weighted by Gasteiger charge is -2.03. The van der Waals surface area contributed by atoms with Crippen molar-refractivity contribution < 1.29 is 0 Å². The summed E-state index contributed by atoms with van der Waals surface area (Å²) >= 11 is 6.19. The Hall–Kier alpha value is -1.94. The van der Waals surface area contributed by atoms with E-state index >= 15 is 0 Å². The lowest BCUT2D eigenvalue weighted by molar-refractivity contribution is 0.782. The zero-order chi connectivity index (χ0) is 13.7. The van der Waals surface area contributed by atoms with E-state index < -0.39 is 0 Å². The van der Waals surface area contributed by atoms with Crippen LogP contribution in [0.15, 0.2) is 24.4 Å². The number of hydrogen-bond donors (Lipinski definition) is 1. The average Bonchev–Trinajstić information content (AvgIpc) is 2.86. The first-order valence-electron chi connectivity index (χ1n) is 6.03. The van der Waals surface area contributed by atoms with Gasteiger partial charge in [0.2, 0.25) is 0 Å². The molecule has 0 saturated carbocycles. The molecule has 2 heterocycles. The Bertz CT molecular complexity index is 763. The Kier molecular flexibility index (Phi) is 2.57. The van der Waals surface area contributed by atoms with Gasteiger partial charge in [-0.05, 0) is 18.6 Å². The largest absolute Gasteiger partial charge is 0.384 e. The van der Waals surface area contributed by atoms with Crippen molar-refractivity contribution in [3.8, 4) is 11.3 Å². The van der Waals surface area contributed by atoms with Crippen LogP contribution in [-0.4, -0.2) is 14.3 Å². The topological polar surface area (TPSA) is 48.8 Å².